The first-order chi connectivity index (χ1) is 9.69. The van der Waals surface area contributed by atoms with Gasteiger partial charge >= 0.3 is 0 Å². The van der Waals surface area contributed by atoms with Gasteiger partial charge in [0.1, 0.15) is 10.5 Å². The van der Waals surface area contributed by atoms with Gasteiger partial charge in [-0.2, -0.15) is 0 Å². The Morgan fingerprint density at radius 2 is 1.75 bits per heavy atom. The van der Waals surface area contributed by atoms with Gasteiger partial charge in [0.05, 0.1) is 10.2 Å². The van der Waals surface area contributed by atoms with Crippen LogP contribution < -0.4 is 0 Å². The van der Waals surface area contributed by atoms with Crippen LogP contribution in [0.15, 0.2) is 40.8 Å². The standard InChI is InChI=1S/C16H12N2OS/c1-9-3-5-11(6-4-9)16-18-13-7-14-12(8-15(13)20-16)17-10(2)19-14/h3-8H,1-2H3. The van der Waals surface area contributed by atoms with Crippen LogP contribution in [0.1, 0.15) is 11.5 Å². The number of aryl methyl sites for hydroxylation is 2. The fourth-order valence-corrected chi connectivity index (χ4v) is 3.27. The van der Waals surface area contributed by atoms with Crippen molar-refractivity contribution in [2.45, 2.75) is 13.8 Å². The van der Waals surface area contributed by atoms with Crippen LogP contribution in [-0.2, 0) is 0 Å². The SMILES string of the molecule is Cc1ccc(-c2nc3cc4oc(C)nc4cc3s2)cc1. The first kappa shape index (κ1) is 11.6. The number of nitrogens with zero attached hydrogens (tertiary/aromatic N) is 2. The van der Waals surface area contributed by atoms with Crippen LogP contribution >= 0.6 is 11.3 Å². The minimum absolute atomic E-state index is 0.691. The second-order valence-electron chi connectivity index (χ2n) is 4.91. The highest BCUT2D eigenvalue weighted by molar-refractivity contribution is 7.21. The molecule has 2 aromatic heterocycles. The summed E-state index contributed by atoms with van der Waals surface area (Å²) in [6.45, 7) is 3.95. The molecular formula is C16H12N2OS. The van der Waals surface area contributed by atoms with Crippen molar-refractivity contribution >= 4 is 32.7 Å². The molecule has 3 nitrogen and oxygen atoms in total. The smallest absolute Gasteiger partial charge is 0.192 e. The predicted octanol–water partition coefficient (Wildman–Crippen LogP) is 4.72. The fourth-order valence-electron chi connectivity index (χ4n) is 2.28. The molecule has 0 spiro atoms. The van der Waals surface area contributed by atoms with E-state index in [2.05, 4.69) is 42.2 Å². The maximum absolute atomic E-state index is 5.56. The third kappa shape index (κ3) is 1.80. The minimum Gasteiger partial charge on any atom is -0.441 e. The number of thiazole rings is 1. The molecule has 0 saturated heterocycles. The first-order valence-corrected chi connectivity index (χ1v) is 7.25. The van der Waals surface area contributed by atoms with Gasteiger partial charge in [0.25, 0.3) is 0 Å². The average Bonchev–Trinajstić information content (AvgIpc) is 2.97. The van der Waals surface area contributed by atoms with E-state index in [1.54, 1.807) is 11.3 Å². The molecule has 0 bridgehead atoms. The zero-order valence-electron chi connectivity index (χ0n) is 11.2. The van der Waals surface area contributed by atoms with Crippen molar-refractivity contribution < 1.29 is 4.42 Å². The fraction of sp³-hybridized carbons (Fsp3) is 0.125. The van der Waals surface area contributed by atoms with E-state index in [0.717, 1.165) is 31.9 Å². The molecule has 0 aliphatic heterocycles. The van der Waals surface area contributed by atoms with E-state index in [9.17, 15) is 0 Å². The van der Waals surface area contributed by atoms with Gasteiger partial charge in [-0.1, -0.05) is 29.8 Å². The number of rotatable bonds is 1. The molecule has 98 valence electrons. The van der Waals surface area contributed by atoms with Gasteiger partial charge in [0, 0.05) is 18.6 Å². The lowest BCUT2D eigenvalue weighted by Gasteiger charge is -1.95. The maximum atomic E-state index is 5.56. The highest BCUT2D eigenvalue weighted by atomic mass is 32.1. The molecule has 2 heterocycles. The third-order valence-corrected chi connectivity index (χ3v) is 4.37. The Bertz CT molecular complexity index is 868. The maximum Gasteiger partial charge on any atom is 0.192 e. The van der Waals surface area contributed by atoms with Gasteiger partial charge in [-0.15, -0.1) is 11.3 Å². The molecule has 2 aromatic carbocycles. The van der Waals surface area contributed by atoms with Crippen LogP contribution in [0.5, 0.6) is 0 Å². The monoisotopic (exact) mass is 280 g/mol. The third-order valence-electron chi connectivity index (χ3n) is 3.30. The lowest BCUT2D eigenvalue weighted by atomic mass is 10.2. The molecular weight excluding hydrogens is 268 g/mol. The molecule has 4 aromatic rings. The predicted molar refractivity (Wildman–Crippen MR) is 82.1 cm³/mol. The summed E-state index contributed by atoms with van der Waals surface area (Å²) in [5, 5.41) is 1.03. The molecule has 0 aliphatic rings. The zero-order valence-corrected chi connectivity index (χ0v) is 12.0. The summed E-state index contributed by atoms with van der Waals surface area (Å²) in [6, 6.07) is 12.5. The van der Waals surface area contributed by atoms with Gasteiger partial charge in [0.15, 0.2) is 11.5 Å². The van der Waals surface area contributed by atoms with Crippen molar-refractivity contribution in [2.24, 2.45) is 0 Å². The van der Waals surface area contributed by atoms with E-state index >= 15 is 0 Å². The van der Waals surface area contributed by atoms with Crippen LogP contribution in [-0.4, -0.2) is 9.97 Å². The summed E-state index contributed by atoms with van der Waals surface area (Å²) in [5.41, 5.74) is 5.07. The Morgan fingerprint density at radius 1 is 0.950 bits per heavy atom. The highest BCUT2D eigenvalue weighted by Crippen LogP contribution is 2.32. The Balaban J connectivity index is 1.91. The molecule has 0 amide bonds. The molecule has 0 aliphatic carbocycles. The van der Waals surface area contributed by atoms with Gasteiger partial charge in [-0.25, -0.2) is 9.97 Å². The van der Waals surface area contributed by atoms with Crippen molar-refractivity contribution in [1.29, 1.82) is 0 Å². The van der Waals surface area contributed by atoms with Crippen LogP contribution in [0, 0.1) is 13.8 Å². The van der Waals surface area contributed by atoms with Gasteiger partial charge in [0.2, 0.25) is 0 Å². The average molecular weight is 280 g/mol. The quantitative estimate of drug-likeness (QED) is 0.506. The molecule has 0 radical (unpaired) electrons. The number of benzene rings is 2. The number of fused-ring (bicyclic) bond motifs is 2. The normalized spacial score (nSPS) is 11.5. The van der Waals surface area contributed by atoms with Gasteiger partial charge in [-0.3, -0.25) is 0 Å². The molecule has 0 atom stereocenters. The number of hydrogen-bond acceptors (Lipinski definition) is 4. The molecule has 0 fully saturated rings. The summed E-state index contributed by atoms with van der Waals surface area (Å²) < 4.78 is 6.70. The Hall–Kier alpha value is -2.20. The number of oxazole rings is 1. The second kappa shape index (κ2) is 4.15. The number of hydrogen-bond donors (Lipinski definition) is 0. The van der Waals surface area contributed by atoms with Crippen LogP contribution in [0.2, 0.25) is 0 Å². The Morgan fingerprint density at radius 3 is 2.55 bits per heavy atom. The van der Waals surface area contributed by atoms with Crippen molar-refractivity contribution in [3.05, 3.63) is 47.9 Å². The van der Waals surface area contributed by atoms with Crippen molar-refractivity contribution in [3.8, 4) is 10.6 Å². The molecule has 4 heteroatoms. The topological polar surface area (TPSA) is 38.9 Å². The van der Waals surface area contributed by atoms with Crippen LogP contribution in [0.25, 0.3) is 31.9 Å². The number of aromatic nitrogens is 2. The van der Waals surface area contributed by atoms with Crippen molar-refractivity contribution in [2.75, 3.05) is 0 Å². The van der Waals surface area contributed by atoms with Crippen LogP contribution in [0.3, 0.4) is 0 Å². The van der Waals surface area contributed by atoms with Gasteiger partial charge in [-0.05, 0) is 13.0 Å². The van der Waals surface area contributed by atoms with Gasteiger partial charge < -0.3 is 4.42 Å². The second-order valence-corrected chi connectivity index (χ2v) is 5.94. The lowest BCUT2D eigenvalue weighted by Crippen LogP contribution is -1.76. The Kier molecular flexibility index (Phi) is 2.41. The van der Waals surface area contributed by atoms with Crippen molar-refractivity contribution in [3.63, 3.8) is 0 Å². The van der Waals surface area contributed by atoms with E-state index in [1.807, 2.05) is 13.0 Å². The lowest BCUT2D eigenvalue weighted by molar-refractivity contribution is 0.561. The van der Waals surface area contributed by atoms with Crippen molar-refractivity contribution in [1.82, 2.24) is 9.97 Å². The van der Waals surface area contributed by atoms with E-state index < -0.39 is 0 Å². The zero-order chi connectivity index (χ0) is 13.7. The molecule has 0 unspecified atom stereocenters. The summed E-state index contributed by atoms with van der Waals surface area (Å²) in [5.74, 6) is 0.691. The molecule has 20 heavy (non-hydrogen) atoms. The van der Waals surface area contributed by atoms with E-state index in [1.165, 1.54) is 5.56 Å². The highest BCUT2D eigenvalue weighted by Gasteiger charge is 2.10. The molecule has 0 N–H and O–H groups in total. The minimum atomic E-state index is 0.691. The molecule has 0 saturated carbocycles. The first-order valence-electron chi connectivity index (χ1n) is 6.44. The Labute approximate surface area is 119 Å². The largest absolute Gasteiger partial charge is 0.441 e. The van der Waals surface area contributed by atoms with Crippen LogP contribution in [0.4, 0.5) is 0 Å². The van der Waals surface area contributed by atoms with E-state index in [0.29, 0.717) is 5.89 Å². The summed E-state index contributed by atoms with van der Waals surface area (Å²) in [6.07, 6.45) is 0. The van der Waals surface area contributed by atoms with E-state index in [-0.39, 0.29) is 0 Å². The summed E-state index contributed by atoms with van der Waals surface area (Å²) >= 11 is 1.69. The summed E-state index contributed by atoms with van der Waals surface area (Å²) in [7, 11) is 0. The molecule has 4 rings (SSSR count). The van der Waals surface area contributed by atoms with E-state index in [4.69, 9.17) is 9.40 Å². The summed E-state index contributed by atoms with van der Waals surface area (Å²) in [4.78, 5) is 9.07.